The Morgan fingerprint density at radius 1 is 1.37 bits per heavy atom. The predicted molar refractivity (Wildman–Crippen MR) is 80.4 cm³/mol. The van der Waals surface area contributed by atoms with Crippen LogP contribution < -0.4 is 5.32 Å². The predicted octanol–water partition coefficient (Wildman–Crippen LogP) is 3.14. The zero-order valence-electron chi connectivity index (χ0n) is 13.0. The first-order valence-electron chi connectivity index (χ1n) is 7.84. The molecule has 0 bridgehead atoms. The Hall–Kier alpha value is -0.830. The molecule has 0 saturated heterocycles. The molecule has 1 fully saturated rings. The van der Waals surface area contributed by atoms with Crippen LogP contribution in [0.25, 0.3) is 0 Å². The summed E-state index contributed by atoms with van der Waals surface area (Å²) in [6.07, 6.45) is 8.13. The molecular formula is C16H29N3. The summed E-state index contributed by atoms with van der Waals surface area (Å²) in [5, 5.41) is 8.19. The summed E-state index contributed by atoms with van der Waals surface area (Å²) in [6, 6.07) is 0.689. The Labute approximate surface area is 117 Å². The normalized spacial score (nSPS) is 17.5. The molecular weight excluding hydrogens is 234 g/mol. The van der Waals surface area contributed by atoms with E-state index in [0.29, 0.717) is 6.04 Å². The fourth-order valence-electron chi connectivity index (χ4n) is 3.22. The van der Waals surface area contributed by atoms with E-state index in [1.807, 2.05) is 11.7 Å². The van der Waals surface area contributed by atoms with Crippen molar-refractivity contribution in [1.29, 1.82) is 0 Å². The van der Waals surface area contributed by atoms with Gasteiger partial charge < -0.3 is 5.32 Å². The Morgan fingerprint density at radius 2 is 2.11 bits per heavy atom. The maximum atomic E-state index is 4.52. The molecule has 2 rings (SSSR count). The monoisotopic (exact) mass is 263 g/mol. The van der Waals surface area contributed by atoms with Crippen LogP contribution in [-0.4, -0.2) is 22.4 Å². The molecule has 1 aromatic heterocycles. The maximum absolute atomic E-state index is 4.52. The van der Waals surface area contributed by atoms with Crippen molar-refractivity contribution in [2.24, 2.45) is 13.0 Å². The smallest absolute Gasteiger partial charge is 0.0628 e. The second-order valence-electron chi connectivity index (χ2n) is 6.10. The third kappa shape index (κ3) is 3.59. The van der Waals surface area contributed by atoms with Gasteiger partial charge in [-0.2, -0.15) is 5.10 Å². The van der Waals surface area contributed by atoms with E-state index >= 15 is 0 Å². The van der Waals surface area contributed by atoms with Crippen molar-refractivity contribution >= 4 is 0 Å². The van der Waals surface area contributed by atoms with Crippen molar-refractivity contribution < 1.29 is 0 Å². The molecule has 108 valence electrons. The van der Waals surface area contributed by atoms with Gasteiger partial charge in [0.25, 0.3) is 0 Å². The molecule has 3 nitrogen and oxygen atoms in total. The van der Waals surface area contributed by atoms with Crippen LogP contribution >= 0.6 is 0 Å². The summed E-state index contributed by atoms with van der Waals surface area (Å²) in [6.45, 7) is 7.62. The van der Waals surface area contributed by atoms with Crippen LogP contribution in [0.1, 0.15) is 56.0 Å². The van der Waals surface area contributed by atoms with Crippen molar-refractivity contribution in [2.45, 2.75) is 65.3 Å². The van der Waals surface area contributed by atoms with E-state index in [2.05, 4.69) is 31.2 Å². The van der Waals surface area contributed by atoms with Gasteiger partial charge in [-0.25, -0.2) is 0 Å². The number of nitrogens with one attached hydrogen (secondary N) is 1. The second kappa shape index (κ2) is 6.56. The lowest BCUT2D eigenvalue weighted by atomic mass is 9.80. The van der Waals surface area contributed by atoms with E-state index in [9.17, 15) is 0 Å². The molecule has 1 atom stereocenters. The second-order valence-corrected chi connectivity index (χ2v) is 6.10. The molecule has 1 aromatic rings. The van der Waals surface area contributed by atoms with Crippen molar-refractivity contribution in [3.8, 4) is 0 Å². The summed E-state index contributed by atoms with van der Waals surface area (Å²) in [7, 11) is 2.04. The average molecular weight is 263 g/mol. The van der Waals surface area contributed by atoms with Crippen molar-refractivity contribution in [1.82, 2.24) is 15.1 Å². The van der Waals surface area contributed by atoms with Crippen LogP contribution in [0.4, 0.5) is 0 Å². The third-order valence-electron chi connectivity index (χ3n) is 4.74. The lowest BCUT2D eigenvalue weighted by Crippen LogP contribution is -2.33. The molecule has 19 heavy (non-hydrogen) atoms. The molecule has 0 radical (unpaired) electrons. The summed E-state index contributed by atoms with van der Waals surface area (Å²) in [4.78, 5) is 0. The van der Waals surface area contributed by atoms with Gasteiger partial charge in [-0.3, -0.25) is 4.68 Å². The van der Waals surface area contributed by atoms with Crippen LogP contribution in [0.2, 0.25) is 0 Å². The molecule has 0 aliphatic heterocycles. The largest absolute Gasteiger partial charge is 0.314 e. The minimum Gasteiger partial charge on any atom is -0.314 e. The van der Waals surface area contributed by atoms with E-state index in [0.717, 1.165) is 18.9 Å². The van der Waals surface area contributed by atoms with E-state index in [1.165, 1.54) is 49.1 Å². The van der Waals surface area contributed by atoms with E-state index in [-0.39, 0.29) is 0 Å². The quantitative estimate of drug-likeness (QED) is 0.819. The molecule has 1 aliphatic carbocycles. The highest BCUT2D eigenvalue weighted by Gasteiger charge is 2.22. The van der Waals surface area contributed by atoms with Crippen molar-refractivity contribution in [2.75, 3.05) is 6.54 Å². The molecule has 1 aliphatic rings. The maximum Gasteiger partial charge on any atom is 0.0628 e. The molecule has 3 heteroatoms. The molecule has 0 aromatic carbocycles. The molecule has 1 saturated carbocycles. The molecule has 1 N–H and O–H groups in total. The number of nitrogens with zero attached hydrogens (tertiary/aromatic N) is 2. The third-order valence-corrected chi connectivity index (χ3v) is 4.74. The van der Waals surface area contributed by atoms with Gasteiger partial charge in [0.2, 0.25) is 0 Å². The fourth-order valence-corrected chi connectivity index (χ4v) is 3.22. The van der Waals surface area contributed by atoms with Gasteiger partial charge in [0.1, 0.15) is 0 Å². The lowest BCUT2D eigenvalue weighted by molar-refractivity contribution is 0.255. The lowest BCUT2D eigenvalue weighted by Gasteiger charge is -2.30. The molecule has 0 amide bonds. The van der Waals surface area contributed by atoms with Crippen LogP contribution in [0.15, 0.2) is 0 Å². The molecule has 0 spiro atoms. The first-order chi connectivity index (χ1) is 9.11. The Balaban J connectivity index is 1.89. The zero-order chi connectivity index (χ0) is 13.8. The van der Waals surface area contributed by atoms with Gasteiger partial charge in [0.05, 0.1) is 5.69 Å². The Morgan fingerprint density at radius 3 is 2.58 bits per heavy atom. The van der Waals surface area contributed by atoms with Gasteiger partial charge >= 0.3 is 0 Å². The molecule has 1 unspecified atom stereocenters. The highest BCUT2D eigenvalue weighted by atomic mass is 15.3. The van der Waals surface area contributed by atoms with Gasteiger partial charge in [-0.05, 0) is 51.1 Å². The van der Waals surface area contributed by atoms with Gasteiger partial charge in [0, 0.05) is 18.8 Å². The Bertz CT molecular complexity index is 404. The zero-order valence-corrected chi connectivity index (χ0v) is 13.0. The number of aryl methyl sites for hydroxylation is 2. The summed E-state index contributed by atoms with van der Waals surface area (Å²) >= 11 is 0. The van der Waals surface area contributed by atoms with Gasteiger partial charge in [0.15, 0.2) is 0 Å². The van der Waals surface area contributed by atoms with E-state index < -0.39 is 0 Å². The summed E-state index contributed by atoms with van der Waals surface area (Å²) in [5.41, 5.74) is 3.99. The molecule has 1 heterocycles. The number of hydrogen-bond donors (Lipinski definition) is 1. The van der Waals surface area contributed by atoms with Gasteiger partial charge in [-0.1, -0.05) is 26.2 Å². The standard InChI is InChI=1S/C16H29N3/c1-5-17-15(11-14-7-6-8-14)9-10-16-12(2)18-19(4)13(16)3/h14-15,17H,5-11H2,1-4H3. The topological polar surface area (TPSA) is 29.9 Å². The average Bonchev–Trinajstić information content (AvgIpc) is 2.55. The van der Waals surface area contributed by atoms with E-state index in [1.54, 1.807) is 0 Å². The van der Waals surface area contributed by atoms with Crippen LogP contribution in [0, 0.1) is 19.8 Å². The highest BCUT2D eigenvalue weighted by molar-refractivity contribution is 5.24. The van der Waals surface area contributed by atoms with Crippen LogP contribution in [0.3, 0.4) is 0 Å². The minimum absolute atomic E-state index is 0.689. The summed E-state index contributed by atoms with van der Waals surface area (Å²) in [5.74, 6) is 0.986. The number of rotatable bonds is 7. The van der Waals surface area contributed by atoms with Gasteiger partial charge in [-0.15, -0.1) is 0 Å². The number of aromatic nitrogens is 2. The summed E-state index contributed by atoms with van der Waals surface area (Å²) < 4.78 is 2.01. The van der Waals surface area contributed by atoms with Crippen molar-refractivity contribution in [3.63, 3.8) is 0 Å². The first kappa shape index (κ1) is 14.6. The van der Waals surface area contributed by atoms with E-state index in [4.69, 9.17) is 0 Å². The highest BCUT2D eigenvalue weighted by Crippen LogP contribution is 2.31. The Kier molecular flexibility index (Phi) is 5.03. The number of hydrogen-bond acceptors (Lipinski definition) is 2. The van der Waals surface area contributed by atoms with Crippen LogP contribution in [-0.2, 0) is 13.5 Å². The first-order valence-corrected chi connectivity index (χ1v) is 7.84. The van der Waals surface area contributed by atoms with Crippen molar-refractivity contribution in [3.05, 3.63) is 17.0 Å². The SMILES string of the molecule is CCNC(CCc1c(C)nn(C)c1C)CC1CCC1. The fraction of sp³-hybridized carbons (Fsp3) is 0.812. The minimum atomic E-state index is 0.689. The van der Waals surface area contributed by atoms with Crippen LogP contribution in [0.5, 0.6) is 0 Å².